The quantitative estimate of drug-likeness (QED) is 0.304. The molecule has 1 aliphatic carbocycles. The van der Waals surface area contributed by atoms with Crippen LogP contribution < -0.4 is 15.8 Å². The van der Waals surface area contributed by atoms with Gasteiger partial charge in [0.1, 0.15) is 23.0 Å². The summed E-state index contributed by atoms with van der Waals surface area (Å²) in [5.74, 6) is -5.45. The van der Waals surface area contributed by atoms with E-state index in [1.54, 1.807) is 4.90 Å². The Balaban J connectivity index is 1.58. The Morgan fingerprint density at radius 1 is 0.936 bits per heavy atom. The average molecular weight is 664 g/mol. The SMILES string of the molecule is C[C@@H]1CN(c2cc(F)c(-c3cc(F)c(C(=O)N(C)C4CCCC4)c(F)c3)cc2NC(=O)c2c[nH]c(=O)cc2C(F)(F)F)C[C@H](C)N1C. The van der Waals surface area contributed by atoms with Gasteiger partial charge in [-0.1, -0.05) is 12.8 Å². The average Bonchev–Trinajstić information content (AvgIpc) is 3.54. The molecule has 2 aliphatic rings. The molecule has 2 aromatic carbocycles. The molecule has 8 nitrogen and oxygen atoms in total. The Morgan fingerprint density at radius 2 is 1.53 bits per heavy atom. The summed E-state index contributed by atoms with van der Waals surface area (Å²) >= 11 is 0. The molecule has 2 fully saturated rings. The summed E-state index contributed by atoms with van der Waals surface area (Å²) in [5.41, 5.74) is -4.87. The number of H-pyrrole nitrogens is 1. The molecule has 14 heteroatoms. The van der Waals surface area contributed by atoms with E-state index in [1.165, 1.54) is 11.9 Å². The van der Waals surface area contributed by atoms with Crippen LogP contribution in [-0.4, -0.2) is 71.9 Å². The number of aromatic nitrogens is 1. The van der Waals surface area contributed by atoms with E-state index >= 15 is 13.2 Å². The molecule has 1 saturated carbocycles. The van der Waals surface area contributed by atoms with Crippen LogP contribution in [0.2, 0.25) is 0 Å². The number of carbonyl (C=O) groups is 2. The van der Waals surface area contributed by atoms with Crippen molar-refractivity contribution in [1.82, 2.24) is 14.8 Å². The summed E-state index contributed by atoms with van der Waals surface area (Å²) in [6.07, 6.45) is -1.19. The van der Waals surface area contributed by atoms with Crippen LogP contribution in [0.1, 0.15) is 65.8 Å². The number of piperazine rings is 1. The Bertz CT molecular complexity index is 1720. The van der Waals surface area contributed by atoms with Crippen molar-refractivity contribution in [3.05, 3.63) is 81.0 Å². The van der Waals surface area contributed by atoms with Crippen molar-refractivity contribution in [2.75, 3.05) is 37.4 Å². The number of halogens is 6. The smallest absolute Gasteiger partial charge is 0.367 e. The van der Waals surface area contributed by atoms with Gasteiger partial charge in [-0.2, -0.15) is 13.2 Å². The number of likely N-dealkylation sites (N-methyl/N-ethyl adjacent to an activating group) is 1. The molecule has 0 radical (unpaired) electrons. The van der Waals surface area contributed by atoms with Gasteiger partial charge < -0.3 is 20.1 Å². The van der Waals surface area contributed by atoms with E-state index in [9.17, 15) is 27.6 Å². The first-order valence-electron chi connectivity index (χ1n) is 15.2. The number of aromatic amines is 1. The molecule has 5 rings (SSSR count). The number of amides is 2. The van der Waals surface area contributed by atoms with E-state index < -0.39 is 57.7 Å². The standard InChI is InChI=1S/C33H35F6N5O3/c1-17-15-44(16-18(2)42(17)3)28-13-24(34)21(11-27(28)41-31(46)22-14-40-29(45)12-23(22)33(37,38)39)19-9-25(35)30(26(36)10-19)32(47)43(4)20-7-5-6-8-20/h9-14,17-18,20H,5-8,15-16H2,1-4H3,(H,40,45)(H,41,46)/t17-,18+. The highest BCUT2D eigenvalue weighted by Gasteiger charge is 2.37. The first kappa shape index (κ1) is 34.0. The van der Waals surface area contributed by atoms with E-state index in [0.29, 0.717) is 32.1 Å². The normalized spacial score (nSPS) is 19.2. The zero-order valence-electron chi connectivity index (χ0n) is 26.3. The Kier molecular flexibility index (Phi) is 9.45. The van der Waals surface area contributed by atoms with Crippen LogP contribution in [-0.2, 0) is 6.18 Å². The van der Waals surface area contributed by atoms with Crippen molar-refractivity contribution in [2.24, 2.45) is 0 Å². The number of nitrogens with zero attached hydrogens (tertiary/aromatic N) is 3. The number of hydrogen-bond acceptors (Lipinski definition) is 5. The minimum absolute atomic E-state index is 0.0308. The van der Waals surface area contributed by atoms with E-state index in [1.807, 2.05) is 20.9 Å². The molecule has 47 heavy (non-hydrogen) atoms. The van der Waals surface area contributed by atoms with Gasteiger partial charge in [0, 0.05) is 56.1 Å². The lowest BCUT2D eigenvalue weighted by Gasteiger charge is -2.44. The summed E-state index contributed by atoms with van der Waals surface area (Å²) in [4.78, 5) is 45.2. The predicted octanol–water partition coefficient (Wildman–Crippen LogP) is 6.27. The first-order valence-corrected chi connectivity index (χ1v) is 15.2. The maximum atomic E-state index is 15.9. The Hall–Kier alpha value is -4.33. The number of hydrogen-bond donors (Lipinski definition) is 2. The number of pyridine rings is 1. The summed E-state index contributed by atoms with van der Waals surface area (Å²) in [6.45, 7) is 4.59. The van der Waals surface area contributed by atoms with E-state index in [0.717, 1.165) is 37.1 Å². The molecule has 0 spiro atoms. The third-order valence-corrected chi connectivity index (χ3v) is 9.27. The van der Waals surface area contributed by atoms with Crippen LogP contribution in [0.4, 0.5) is 37.7 Å². The van der Waals surface area contributed by atoms with Crippen molar-refractivity contribution < 1.29 is 35.9 Å². The van der Waals surface area contributed by atoms with Gasteiger partial charge in [-0.05, 0) is 63.6 Å². The fourth-order valence-corrected chi connectivity index (χ4v) is 6.40. The Morgan fingerprint density at radius 3 is 2.11 bits per heavy atom. The molecule has 1 aromatic heterocycles. The van der Waals surface area contributed by atoms with Crippen molar-refractivity contribution in [3.63, 3.8) is 0 Å². The number of rotatable bonds is 6. The van der Waals surface area contributed by atoms with Gasteiger partial charge >= 0.3 is 6.18 Å². The highest BCUT2D eigenvalue weighted by Crippen LogP contribution is 2.38. The summed E-state index contributed by atoms with van der Waals surface area (Å²) in [7, 11) is 3.39. The second-order valence-corrected chi connectivity index (χ2v) is 12.4. The Labute approximate surface area is 267 Å². The highest BCUT2D eigenvalue weighted by atomic mass is 19.4. The van der Waals surface area contributed by atoms with Gasteiger partial charge in [0.2, 0.25) is 5.56 Å². The molecule has 1 aliphatic heterocycles. The highest BCUT2D eigenvalue weighted by molar-refractivity contribution is 6.07. The lowest BCUT2D eigenvalue weighted by Crippen LogP contribution is -2.55. The van der Waals surface area contributed by atoms with Crippen molar-refractivity contribution in [3.8, 4) is 11.1 Å². The second kappa shape index (κ2) is 13.1. The minimum Gasteiger partial charge on any atom is -0.367 e. The lowest BCUT2D eigenvalue weighted by molar-refractivity contribution is -0.138. The van der Waals surface area contributed by atoms with Gasteiger partial charge in [-0.25, -0.2) is 13.2 Å². The van der Waals surface area contributed by atoms with E-state index in [2.05, 4.69) is 15.2 Å². The van der Waals surface area contributed by atoms with Gasteiger partial charge in [0.05, 0.1) is 22.5 Å². The molecule has 1 saturated heterocycles. The van der Waals surface area contributed by atoms with Crippen LogP contribution in [0.5, 0.6) is 0 Å². The molecule has 252 valence electrons. The molecular formula is C33H35F6N5O3. The number of alkyl halides is 3. The summed E-state index contributed by atoms with van der Waals surface area (Å²) < 4.78 is 88.0. The molecule has 2 N–H and O–H groups in total. The molecule has 2 atom stereocenters. The maximum Gasteiger partial charge on any atom is 0.417 e. The van der Waals surface area contributed by atoms with Crippen LogP contribution in [0, 0.1) is 17.5 Å². The van der Waals surface area contributed by atoms with Gasteiger partial charge in [0.25, 0.3) is 11.8 Å². The molecule has 0 unspecified atom stereocenters. The van der Waals surface area contributed by atoms with Crippen molar-refractivity contribution >= 4 is 23.2 Å². The predicted molar refractivity (Wildman–Crippen MR) is 165 cm³/mol. The van der Waals surface area contributed by atoms with Crippen molar-refractivity contribution in [2.45, 2.75) is 63.8 Å². The molecular weight excluding hydrogens is 628 g/mol. The van der Waals surface area contributed by atoms with E-state index in [-0.39, 0.29) is 46.7 Å². The van der Waals surface area contributed by atoms with Gasteiger partial charge in [-0.3, -0.25) is 19.3 Å². The number of benzene rings is 2. The number of nitrogens with one attached hydrogen (secondary N) is 2. The van der Waals surface area contributed by atoms with Gasteiger partial charge in [-0.15, -0.1) is 0 Å². The first-order chi connectivity index (χ1) is 22.1. The van der Waals surface area contributed by atoms with E-state index in [4.69, 9.17) is 0 Å². The van der Waals surface area contributed by atoms with Crippen LogP contribution >= 0.6 is 0 Å². The van der Waals surface area contributed by atoms with Crippen LogP contribution in [0.15, 0.2) is 41.3 Å². The van der Waals surface area contributed by atoms with Crippen LogP contribution in [0.3, 0.4) is 0 Å². The zero-order valence-corrected chi connectivity index (χ0v) is 26.3. The lowest BCUT2D eigenvalue weighted by atomic mass is 9.99. The number of anilines is 2. The van der Waals surface area contributed by atoms with Crippen LogP contribution in [0.25, 0.3) is 11.1 Å². The molecule has 2 amide bonds. The maximum absolute atomic E-state index is 15.9. The fourth-order valence-electron chi connectivity index (χ4n) is 6.40. The summed E-state index contributed by atoms with van der Waals surface area (Å²) in [5, 5.41) is 2.41. The molecule has 2 heterocycles. The van der Waals surface area contributed by atoms with Gasteiger partial charge in [0.15, 0.2) is 0 Å². The zero-order chi connectivity index (χ0) is 34.4. The third-order valence-electron chi connectivity index (χ3n) is 9.27. The molecule has 3 aromatic rings. The molecule has 0 bridgehead atoms. The third kappa shape index (κ3) is 6.87. The largest absolute Gasteiger partial charge is 0.417 e. The summed E-state index contributed by atoms with van der Waals surface area (Å²) in [6, 6.07) is 3.81. The monoisotopic (exact) mass is 663 g/mol. The number of carbonyl (C=O) groups excluding carboxylic acids is 2. The topological polar surface area (TPSA) is 88.7 Å². The van der Waals surface area contributed by atoms with Crippen molar-refractivity contribution in [1.29, 1.82) is 0 Å². The second-order valence-electron chi connectivity index (χ2n) is 12.4. The fraction of sp³-hybridized carbons (Fsp3) is 0.424. The minimum atomic E-state index is -5.04.